The summed E-state index contributed by atoms with van der Waals surface area (Å²) in [5, 5.41) is 4.32. The highest BCUT2D eigenvalue weighted by molar-refractivity contribution is 6.31. The lowest BCUT2D eigenvalue weighted by molar-refractivity contribution is 0.337. The molecule has 1 aliphatic heterocycles. The normalized spacial score (nSPS) is 20.5. The van der Waals surface area contributed by atoms with Crippen LogP contribution >= 0.6 is 11.6 Å². The summed E-state index contributed by atoms with van der Waals surface area (Å²) in [4.78, 5) is 4.70. The molecular weight excluding hydrogens is 246 g/mol. The number of benzene rings is 1. The Labute approximate surface area is 115 Å². The first-order valence-corrected chi connectivity index (χ1v) is 6.84. The fourth-order valence-electron chi connectivity index (χ4n) is 2.45. The van der Waals surface area contributed by atoms with Gasteiger partial charge in [0.15, 0.2) is 0 Å². The molecule has 0 saturated carbocycles. The molecule has 100 valence electrons. The topological polar surface area (TPSA) is 18.5 Å². The molecule has 4 heteroatoms. The second kappa shape index (κ2) is 5.91. The second-order valence-electron chi connectivity index (χ2n) is 5.25. The third-order valence-corrected chi connectivity index (χ3v) is 3.82. The van der Waals surface area contributed by atoms with Gasteiger partial charge in [-0.15, -0.1) is 0 Å². The molecule has 0 aromatic heterocycles. The summed E-state index contributed by atoms with van der Waals surface area (Å²) in [6, 6.07) is 6.87. The molecule has 1 fully saturated rings. The molecule has 0 bridgehead atoms. The summed E-state index contributed by atoms with van der Waals surface area (Å²) >= 11 is 6.23. The van der Waals surface area contributed by atoms with Crippen molar-refractivity contribution in [3.63, 3.8) is 0 Å². The van der Waals surface area contributed by atoms with Crippen LogP contribution in [-0.4, -0.2) is 51.2 Å². The highest BCUT2D eigenvalue weighted by Gasteiger charge is 2.23. The van der Waals surface area contributed by atoms with Crippen molar-refractivity contribution >= 4 is 17.3 Å². The SMILES string of the molecule is Cc1ccc(N2CCNCC2CN(C)C)cc1Cl. The molecule has 2 rings (SSSR count). The number of hydrogen-bond acceptors (Lipinski definition) is 3. The Morgan fingerprint density at radius 3 is 2.89 bits per heavy atom. The number of rotatable bonds is 3. The second-order valence-corrected chi connectivity index (χ2v) is 5.65. The number of nitrogens with one attached hydrogen (secondary N) is 1. The Morgan fingerprint density at radius 1 is 1.44 bits per heavy atom. The molecule has 1 heterocycles. The van der Waals surface area contributed by atoms with Gasteiger partial charge in [0, 0.05) is 36.9 Å². The molecule has 1 unspecified atom stereocenters. The van der Waals surface area contributed by atoms with Gasteiger partial charge in [-0.3, -0.25) is 0 Å². The van der Waals surface area contributed by atoms with Gasteiger partial charge in [-0.05, 0) is 38.7 Å². The first-order valence-electron chi connectivity index (χ1n) is 6.46. The molecule has 0 spiro atoms. The van der Waals surface area contributed by atoms with E-state index < -0.39 is 0 Å². The van der Waals surface area contributed by atoms with Crippen LogP contribution in [-0.2, 0) is 0 Å². The Balaban J connectivity index is 2.19. The standard InChI is InChI=1S/C14H22ClN3/c1-11-4-5-12(8-14(11)15)18-7-6-16-9-13(18)10-17(2)3/h4-5,8,13,16H,6-7,9-10H2,1-3H3. The lowest BCUT2D eigenvalue weighted by atomic mass is 10.1. The maximum atomic E-state index is 6.23. The van der Waals surface area contributed by atoms with E-state index in [0.717, 1.165) is 36.8 Å². The molecule has 1 saturated heterocycles. The van der Waals surface area contributed by atoms with Crippen molar-refractivity contribution in [1.82, 2.24) is 10.2 Å². The number of piperazine rings is 1. The van der Waals surface area contributed by atoms with Gasteiger partial charge >= 0.3 is 0 Å². The lowest BCUT2D eigenvalue weighted by Crippen LogP contribution is -2.55. The lowest BCUT2D eigenvalue weighted by Gasteiger charge is -2.39. The molecule has 18 heavy (non-hydrogen) atoms. The van der Waals surface area contributed by atoms with E-state index in [0.29, 0.717) is 6.04 Å². The summed E-state index contributed by atoms with van der Waals surface area (Å²) in [5.74, 6) is 0. The zero-order valence-corrected chi connectivity index (χ0v) is 12.2. The van der Waals surface area contributed by atoms with Crippen molar-refractivity contribution in [2.45, 2.75) is 13.0 Å². The first-order chi connectivity index (χ1) is 8.58. The first kappa shape index (κ1) is 13.7. The fourth-order valence-corrected chi connectivity index (χ4v) is 2.62. The van der Waals surface area contributed by atoms with E-state index >= 15 is 0 Å². The zero-order valence-electron chi connectivity index (χ0n) is 11.4. The van der Waals surface area contributed by atoms with Gasteiger partial charge in [0.25, 0.3) is 0 Å². The van der Waals surface area contributed by atoms with E-state index in [1.165, 1.54) is 5.69 Å². The highest BCUT2D eigenvalue weighted by Crippen LogP contribution is 2.25. The highest BCUT2D eigenvalue weighted by atomic mass is 35.5. The van der Waals surface area contributed by atoms with E-state index in [-0.39, 0.29) is 0 Å². The van der Waals surface area contributed by atoms with E-state index in [1.54, 1.807) is 0 Å². The number of nitrogens with zero attached hydrogens (tertiary/aromatic N) is 2. The molecule has 1 aromatic rings. The maximum absolute atomic E-state index is 6.23. The molecule has 1 aliphatic rings. The van der Waals surface area contributed by atoms with Crippen LogP contribution < -0.4 is 10.2 Å². The predicted molar refractivity (Wildman–Crippen MR) is 78.7 cm³/mol. The van der Waals surface area contributed by atoms with Crippen LogP contribution in [0.15, 0.2) is 18.2 Å². The van der Waals surface area contributed by atoms with E-state index in [2.05, 4.69) is 47.4 Å². The third-order valence-electron chi connectivity index (χ3n) is 3.41. The molecule has 0 amide bonds. The van der Waals surface area contributed by atoms with Crippen molar-refractivity contribution in [2.75, 3.05) is 45.2 Å². The van der Waals surface area contributed by atoms with Crippen LogP contribution in [0.1, 0.15) is 5.56 Å². The van der Waals surface area contributed by atoms with Gasteiger partial charge in [-0.25, -0.2) is 0 Å². The molecule has 0 radical (unpaired) electrons. The van der Waals surface area contributed by atoms with Gasteiger partial charge < -0.3 is 15.1 Å². The van der Waals surface area contributed by atoms with E-state index in [9.17, 15) is 0 Å². The van der Waals surface area contributed by atoms with Crippen molar-refractivity contribution < 1.29 is 0 Å². The summed E-state index contributed by atoms with van der Waals surface area (Å²) in [7, 11) is 4.24. The number of anilines is 1. The van der Waals surface area contributed by atoms with Crippen molar-refractivity contribution in [3.8, 4) is 0 Å². The smallest absolute Gasteiger partial charge is 0.0541 e. The van der Waals surface area contributed by atoms with Gasteiger partial charge in [0.1, 0.15) is 0 Å². The quantitative estimate of drug-likeness (QED) is 0.904. The number of hydrogen-bond donors (Lipinski definition) is 1. The fraction of sp³-hybridized carbons (Fsp3) is 0.571. The average Bonchev–Trinajstić information content (AvgIpc) is 2.33. The summed E-state index contributed by atoms with van der Waals surface area (Å²) in [6.07, 6.45) is 0. The van der Waals surface area contributed by atoms with Gasteiger partial charge in [-0.1, -0.05) is 17.7 Å². The zero-order chi connectivity index (χ0) is 13.1. The average molecular weight is 268 g/mol. The minimum absolute atomic E-state index is 0.507. The van der Waals surface area contributed by atoms with Gasteiger partial charge in [0.05, 0.1) is 6.04 Å². The Hall–Kier alpha value is -0.770. The van der Waals surface area contributed by atoms with Crippen LogP contribution in [0, 0.1) is 6.92 Å². The van der Waals surface area contributed by atoms with Gasteiger partial charge in [-0.2, -0.15) is 0 Å². The predicted octanol–water partition coefficient (Wildman–Crippen LogP) is 1.99. The molecule has 1 N–H and O–H groups in total. The van der Waals surface area contributed by atoms with Crippen LogP contribution in [0.5, 0.6) is 0 Å². The number of halogens is 1. The molecule has 1 aromatic carbocycles. The van der Waals surface area contributed by atoms with Crippen molar-refractivity contribution in [1.29, 1.82) is 0 Å². The molecule has 3 nitrogen and oxygen atoms in total. The maximum Gasteiger partial charge on any atom is 0.0541 e. The Morgan fingerprint density at radius 2 is 2.22 bits per heavy atom. The molecule has 1 atom stereocenters. The number of likely N-dealkylation sites (N-methyl/N-ethyl adjacent to an activating group) is 1. The van der Waals surface area contributed by atoms with Crippen LogP contribution in [0.25, 0.3) is 0 Å². The molecular formula is C14H22ClN3. The van der Waals surface area contributed by atoms with Gasteiger partial charge in [0.2, 0.25) is 0 Å². The van der Waals surface area contributed by atoms with Crippen LogP contribution in [0.3, 0.4) is 0 Å². The largest absolute Gasteiger partial charge is 0.365 e. The monoisotopic (exact) mass is 267 g/mol. The third kappa shape index (κ3) is 3.16. The van der Waals surface area contributed by atoms with Crippen LogP contribution in [0.2, 0.25) is 5.02 Å². The minimum Gasteiger partial charge on any atom is -0.365 e. The van der Waals surface area contributed by atoms with Crippen molar-refractivity contribution in [3.05, 3.63) is 28.8 Å². The van der Waals surface area contributed by atoms with Crippen molar-refractivity contribution in [2.24, 2.45) is 0 Å². The summed E-state index contributed by atoms with van der Waals surface area (Å²) in [6.45, 7) is 6.21. The minimum atomic E-state index is 0.507. The van der Waals surface area contributed by atoms with E-state index in [1.807, 2.05) is 6.92 Å². The molecule has 0 aliphatic carbocycles. The Bertz CT molecular complexity index is 406. The van der Waals surface area contributed by atoms with Crippen LogP contribution in [0.4, 0.5) is 5.69 Å². The number of aryl methyl sites for hydroxylation is 1. The Kier molecular flexibility index (Phi) is 4.49. The summed E-state index contributed by atoms with van der Waals surface area (Å²) < 4.78 is 0. The summed E-state index contributed by atoms with van der Waals surface area (Å²) in [5.41, 5.74) is 2.37. The van der Waals surface area contributed by atoms with E-state index in [4.69, 9.17) is 11.6 Å².